The molecular weight excluding hydrogens is 492 g/mol. The molecule has 202 valence electrons. The van der Waals surface area contributed by atoms with Gasteiger partial charge in [0, 0.05) is 12.5 Å². The Bertz CT molecular complexity index is 999. The maximum Gasteiger partial charge on any atom is 0.407 e. The van der Waals surface area contributed by atoms with E-state index in [0.717, 1.165) is 22.3 Å². The largest absolute Gasteiger partial charge is 0.464 e. The van der Waals surface area contributed by atoms with Crippen LogP contribution < -0.4 is 10.6 Å². The molecule has 0 bridgehead atoms. The van der Waals surface area contributed by atoms with Gasteiger partial charge in [0.1, 0.15) is 12.6 Å². The molecule has 2 aromatic rings. The third-order valence-corrected chi connectivity index (χ3v) is 5.90. The van der Waals surface area contributed by atoms with Crippen molar-refractivity contribution in [1.82, 2.24) is 10.6 Å². The van der Waals surface area contributed by atoms with Gasteiger partial charge in [-0.3, -0.25) is 0 Å². The summed E-state index contributed by atoms with van der Waals surface area (Å²) < 4.78 is 15.9. The van der Waals surface area contributed by atoms with E-state index in [0.29, 0.717) is 32.2 Å². The Kier molecular flexibility index (Phi) is 12.3. The summed E-state index contributed by atoms with van der Waals surface area (Å²) in [6.07, 6.45) is 0.951. The van der Waals surface area contributed by atoms with Crippen molar-refractivity contribution >= 4 is 31.7 Å². The number of alkyl carbamates (subject to hydrolysis) is 2. The van der Waals surface area contributed by atoms with Crippen LogP contribution in [0, 0.1) is 0 Å². The first-order valence-electron chi connectivity index (χ1n) is 12.6. The van der Waals surface area contributed by atoms with E-state index in [9.17, 15) is 14.4 Å². The van der Waals surface area contributed by atoms with Crippen LogP contribution in [-0.2, 0) is 19.0 Å². The maximum absolute atomic E-state index is 12.7. The number of esters is 1. The van der Waals surface area contributed by atoms with Crippen molar-refractivity contribution in [1.29, 1.82) is 0 Å². The van der Waals surface area contributed by atoms with E-state index in [1.54, 1.807) is 13.8 Å². The van der Waals surface area contributed by atoms with E-state index in [4.69, 9.17) is 14.2 Å². The van der Waals surface area contributed by atoms with Crippen LogP contribution in [0.3, 0.4) is 0 Å². The molecule has 0 saturated carbocycles. The van der Waals surface area contributed by atoms with Gasteiger partial charge in [-0.05, 0) is 61.8 Å². The van der Waals surface area contributed by atoms with Crippen LogP contribution in [0.4, 0.5) is 9.59 Å². The van der Waals surface area contributed by atoms with Crippen molar-refractivity contribution in [2.75, 3.05) is 19.8 Å². The lowest BCUT2D eigenvalue weighted by Crippen LogP contribution is -2.42. The Balaban J connectivity index is 0.00000481. The average Bonchev–Trinajstić information content (AvgIpc) is 3.18. The van der Waals surface area contributed by atoms with Crippen LogP contribution >= 0.6 is 13.5 Å². The first-order chi connectivity index (χ1) is 17.4. The predicted molar refractivity (Wildman–Crippen MR) is 147 cm³/mol. The lowest BCUT2D eigenvalue weighted by molar-refractivity contribution is -0.146. The molecule has 3 rings (SSSR count). The second kappa shape index (κ2) is 15.1. The summed E-state index contributed by atoms with van der Waals surface area (Å²) in [7, 11) is 0. The Hall–Kier alpha value is -3.20. The van der Waals surface area contributed by atoms with Crippen molar-refractivity contribution in [3.8, 4) is 11.1 Å². The van der Waals surface area contributed by atoms with E-state index in [1.165, 1.54) is 0 Å². The Morgan fingerprint density at radius 2 is 1.51 bits per heavy atom. The molecule has 0 spiro atoms. The third kappa shape index (κ3) is 8.70. The highest BCUT2D eigenvalue weighted by molar-refractivity contribution is 7.59. The van der Waals surface area contributed by atoms with Gasteiger partial charge in [-0.1, -0.05) is 55.5 Å². The lowest BCUT2D eigenvalue weighted by Gasteiger charge is -2.19. The van der Waals surface area contributed by atoms with Crippen molar-refractivity contribution in [2.24, 2.45) is 0 Å². The van der Waals surface area contributed by atoms with Crippen LogP contribution in [0.5, 0.6) is 0 Å². The summed E-state index contributed by atoms with van der Waals surface area (Å²) in [6.45, 7) is 6.32. The quantitative estimate of drug-likeness (QED) is 0.220. The molecule has 1 atom stereocenters. The average molecular weight is 531 g/mol. The van der Waals surface area contributed by atoms with E-state index >= 15 is 0 Å². The number of fused-ring (bicyclic) bond motifs is 3. The zero-order valence-electron chi connectivity index (χ0n) is 21.8. The number of benzene rings is 2. The summed E-state index contributed by atoms with van der Waals surface area (Å²) in [5.74, 6) is -0.553. The third-order valence-electron chi connectivity index (χ3n) is 5.90. The van der Waals surface area contributed by atoms with Crippen LogP contribution in [0.25, 0.3) is 11.1 Å². The molecular formula is C28H38N2O6S. The maximum atomic E-state index is 12.7. The molecule has 8 nitrogen and oxygen atoms in total. The van der Waals surface area contributed by atoms with Crippen molar-refractivity contribution in [3.63, 3.8) is 0 Å². The number of carbonyl (C=O) groups excluding carboxylic acids is 3. The van der Waals surface area contributed by atoms with Crippen molar-refractivity contribution in [3.05, 3.63) is 59.7 Å². The van der Waals surface area contributed by atoms with Gasteiger partial charge in [0.25, 0.3) is 0 Å². The van der Waals surface area contributed by atoms with E-state index in [1.807, 2.05) is 31.2 Å². The Morgan fingerprint density at radius 3 is 2.11 bits per heavy atom. The minimum atomic E-state index is -0.824. The second-order valence-electron chi connectivity index (χ2n) is 9.07. The minimum absolute atomic E-state index is 0. The van der Waals surface area contributed by atoms with Crippen molar-refractivity contribution in [2.45, 2.75) is 64.5 Å². The fourth-order valence-corrected chi connectivity index (χ4v) is 4.25. The molecule has 0 fully saturated rings. The summed E-state index contributed by atoms with van der Waals surface area (Å²) in [6, 6.07) is 15.4. The number of amides is 2. The number of nitrogens with one attached hydrogen (secondary N) is 2. The number of hydrogen-bond donors (Lipinski definition) is 2. The molecule has 9 heteroatoms. The Morgan fingerprint density at radius 1 is 0.892 bits per heavy atom. The smallest absolute Gasteiger partial charge is 0.407 e. The van der Waals surface area contributed by atoms with E-state index in [2.05, 4.69) is 34.9 Å². The molecule has 2 amide bonds. The van der Waals surface area contributed by atoms with Gasteiger partial charge in [-0.2, -0.15) is 13.5 Å². The molecule has 2 aromatic carbocycles. The number of carbonyl (C=O) groups is 3. The molecule has 2 N–H and O–H groups in total. The van der Waals surface area contributed by atoms with Crippen LogP contribution in [0.15, 0.2) is 48.5 Å². The Labute approximate surface area is 225 Å². The fourth-order valence-electron chi connectivity index (χ4n) is 4.25. The highest BCUT2D eigenvalue weighted by Gasteiger charge is 2.30. The summed E-state index contributed by atoms with van der Waals surface area (Å²) in [4.78, 5) is 36.8. The first-order valence-corrected chi connectivity index (χ1v) is 12.6. The van der Waals surface area contributed by atoms with Gasteiger partial charge >= 0.3 is 18.2 Å². The summed E-state index contributed by atoms with van der Waals surface area (Å²) in [5.41, 5.74) is 4.53. The van der Waals surface area contributed by atoms with Crippen LogP contribution in [0.1, 0.15) is 63.5 Å². The van der Waals surface area contributed by atoms with Crippen LogP contribution in [-0.4, -0.2) is 50.1 Å². The van der Waals surface area contributed by atoms with Gasteiger partial charge in [0.05, 0.1) is 12.7 Å². The molecule has 0 aliphatic heterocycles. The molecule has 1 aliphatic rings. The summed E-state index contributed by atoms with van der Waals surface area (Å²) in [5, 5.41) is 5.35. The molecule has 0 radical (unpaired) electrons. The van der Waals surface area contributed by atoms with Gasteiger partial charge < -0.3 is 24.8 Å². The highest BCUT2D eigenvalue weighted by Crippen LogP contribution is 2.44. The number of hydrogen-bond acceptors (Lipinski definition) is 6. The zero-order valence-corrected chi connectivity index (χ0v) is 22.8. The second-order valence-corrected chi connectivity index (χ2v) is 9.07. The van der Waals surface area contributed by atoms with Gasteiger partial charge in [0.2, 0.25) is 0 Å². The molecule has 0 aromatic heterocycles. The predicted octanol–water partition coefficient (Wildman–Crippen LogP) is 5.26. The molecule has 37 heavy (non-hydrogen) atoms. The number of rotatable bonds is 12. The van der Waals surface area contributed by atoms with Crippen LogP contribution in [0.2, 0.25) is 0 Å². The SMILES string of the molecule is CCCOC(=O)[C@H](CCCCNC(=O)OC(C)C)NC(=O)OCC1c2ccccc2-c2ccccc21.S. The minimum Gasteiger partial charge on any atom is -0.464 e. The van der Waals surface area contributed by atoms with E-state index < -0.39 is 24.2 Å². The van der Waals surface area contributed by atoms with Crippen molar-refractivity contribution < 1.29 is 28.6 Å². The van der Waals surface area contributed by atoms with E-state index in [-0.39, 0.29) is 38.7 Å². The normalized spacial score (nSPS) is 12.5. The number of unbranched alkanes of at least 4 members (excludes halogenated alkanes) is 1. The standard InChI is InChI=1S/C28H36N2O6.H2S/c1-4-17-34-26(31)25(15-9-10-16-29-27(32)36-19(2)3)30-28(33)35-18-24-22-13-7-5-11-20(22)21-12-6-8-14-23(21)24;/h5-8,11-14,19,24-25H,4,9-10,15-18H2,1-3H3,(H,29,32)(H,30,33);1H2/t25-;/m0./s1. The summed E-state index contributed by atoms with van der Waals surface area (Å²) >= 11 is 0. The lowest BCUT2D eigenvalue weighted by atomic mass is 9.98. The molecule has 0 saturated heterocycles. The van der Waals surface area contributed by atoms with Gasteiger partial charge in [0.15, 0.2) is 0 Å². The monoisotopic (exact) mass is 530 g/mol. The molecule has 1 aliphatic carbocycles. The zero-order chi connectivity index (χ0) is 25.9. The topological polar surface area (TPSA) is 103 Å². The molecule has 0 unspecified atom stereocenters. The molecule has 0 heterocycles. The fraction of sp³-hybridized carbons (Fsp3) is 0.464. The van der Waals surface area contributed by atoms with Gasteiger partial charge in [-0.15, -0.1) is 0 Å². The number of ether oxygens (including phenoxy) is 3. The van der Waals surface area contributed by atoms with Gasteiger partial charge in [-0.25, -0.2) is 14.4 Å². The highest BCUT2D eigenvalue weighted by atomic mass is 32.1. The first kappa shape index (κ1) is 30.0.